The molecular weight excluding hydrogens is 403 g/mol. The van der Waals surface area contributed by atoms with Crippen molar-refractivity contribution in [2.45, 2.75) is 44.2 Å². The van der Waals surface area contributed by atoms with Crippen molar-refractivity contribution in [1.29, 1.82) is 0 Å². The smallest absolute Gasteiger partial charge is 0.356 e. The molecule has 0 aromatic carbocycles. The number of nitrogens with one attached hydrogen (secondary N) is 2. The number of hydrogen-bond acceptors (Lipinski definition) is 5. The van der Waals surface area contributed by atoms with Gasteiger partial charge < -0.3 is 10.6 Å². The Morgan fingerprint density at radius 2 is 2.07 bits per heavy atom. The van der Waals surface area contributed by atoms with Crippen LogP contribution in [-0.2, 0) is 22.9 Å². The van der Waals surface area contributed by atoms with Gasteiger partial charge in [-0.3, -0.25) is 4.99 Å². The van der Waals surface area contributed by atoms with Gasteiger partial charge >= 0.3 is 15.5 Å². The second-order valence-electron chi connectivity index (χ2n) is 6.10. The Hall–Kier alpha value is -1.40. The molecule has 0 saturated carbocycles. The zero-order chi connectivity index (χ0) is 20.1. The molecule has 7 nitrogen and oxygen atoms in total. The van der Waals surface area contributed by atoms with Crippen LogP contribution in [0.25, 0.3) is 0 Å². The molecule has 0 atom stereocenters. The number of hydrogen-bond donors (Lipinski definition) is 2. The standard InChI is InChI=1S/C15H24F3N5O2S2/c1-3-13-21-12(10-26-13)4-7-20-14(19-2)22-11-5-8-23(9-6-11)27(24,25)15(16,17)18/h10-11H,3-9H2,1-2H3,(H2,19,20,22). The fourth-order valence-electron chi connectivity index (χ4n) is 2.71. The highest BCUT2D eigenvalue weighted by Crippen LogP contribution is 2.28. The monoisotopic (exact) mass is 427 g/mol. The first-order valence-electron chi connectivity index (χ1n) is 8.64. The maximum Gasteiger partial charge on any atom is 0.511 e. The van der Waals surface area contributed by atoms with Crippen LogP contribution in [0.5, 0.6) is 0 Å². The fourth-order valence-corrected chi connectivity index (χ4v) is 4.47. The molecule has 1 aromatic rings. The maximum absolute atomic E-state index is 12.6. The van der Waals surface area contributed by atoms with Gasteiger partial charge in [-0.15, -0.1) is 11.3 Å². The van der Waals surface area contributed by atoms with Gasteiger partial charge in [0.25, 0.3) is 0 Å². The van der Waals surface area contributed by atoms with Crippen LogP contribution < -0.4 is 10.6 Å². The second kappa shape index (κ2) is 9.20. The van der Waals surface area contributed by atoms with Gasteiger partial charge in [0, 0.05) is 44.5 Å². The van der Waals surface area contributed by atoms with Crippen LogP contribution in [-0.4, -0.2) is 61.9 Å². The summed E-state index contributed by atoms with van der Waals surface area (Å²) in [6.07, 6.45) is 2.20. The Balaban J connectivity index is 1.77. The molecule has 1 saturated heterocycles. The van der Waals surface area contributed by atoms with E-state index in [4.69, 9.17) is 0 Å². The lowest BCUT2D eigenvalue weighted by atomic mass is 10.1. The number of halogens is 3. The molecule has 1 aliphatic rings. The Kier molecular flexibility index (Phi) is 7.46. The summed E-state index contributed by atoms with van der Waals surface area (Å²) in [4.78, 5) is 8.59. The van der Waals surface area contributed by atoms with Gasteiger partial charge in [0.05, 0.1) is 10.7 Å². The number of aromatic nitrogens is 1. The number of nitrogens with zero attached hydrogens (tertiary/aromatic N) is 3. The summed E-state index contributed by atoms with van der Waals surface area (Å²) < 4.78 is 61.2. The molecule has 0 radical (unpaired) electrons. The van der Waals surface area contributed by atoms with E-state index in [1.165, 1.54) is 0 Å². The molecule has 1 aliphatic heterocycles. The number of aliphatic imine (C=N–C) groups is 1. The largest absolute Gasteiger partial charge is 0.511 e. The molecule has 1 fully saturated rings. The van der Waals surface area contributed by atoms with Gasteiger partial charge in [-0.1, -0.05) is 6.92 Å². The third-order valence-electron chi connectivity index (χ3n) is 4.23. The van der Waals surface area contributed by atoms with Gasteiger partial charge in [0.15, 0.2) is 5.96 Å². The van der Waals surface area contributed by atoms with Crippen LogP contribution in [0, 0.1) is 0 Å². The first-order chi connectivity index (χ1) is 12.7. The van der Waals surface area contributed by atoms with Crippen LogP contribution in [0.2, 0.25) is 0 Å². The van der Waals surface area contributed by atoms with E-state index in [2.05, 4.69) is 27.5 Å². The van der Waals surface area contributed by atoms with Crippen molar-refractivity contribution in [3.63, 3.8) is 0 Å². The van der Waals surface area contributed by atoms with Crippen LogP contribution in [0.1, 0.15) is 30.5 Å². The van der Waals surface area contributed by atoms with Crippen molar-refractivity contribution in [3.05, 3.63) is 16.1 Å². The maximum atomic E-state index is 12.6. The summed E-state index contributed by atoms with van der Waals surface area (Å²) in [6, 6.07) is -0.137. The van der Waals surface area contributed by atoms with Crippen LogP contribution >= 0.6 is 11.3 Å². The summed E-state index contributed by atoms with van der Waals surface area (Å²) in [5.74, 6) is 0.540. The van der Waals surface area contributed by atoms with Gasteiger partial charge in [0.1, 0.15) is 0 Å². The Morgan fingerprint density at radius 1 is 1.41 bits per heavy atom. The SMILES string of the molecule is CCc1nc(CCNC(=NC)NC2CCN(S(=O)(=O)C(F)(F)F)CC2)cs1. The van der Waals surface area contributed by atoms with Gasteiger partial charge in [0.2, 0.25) is 0 Å². The third-order valence-corrected chi connectivity index (χ3v) is 6.90. The number of piperidine rings is 1. The van der Waals surface area contributed by atoms with E-state index in [9.17, 15) is 21.6 Å². The molecule has 1 aromatic heterocycles. The molecule has 154 valence electrons. The van der Waals surface area contributed by atoms with Crippen molar-refractivity contribution in [2.75, 3.05) is 26.7 Å². The lowest BCUT2D eigenvalue weighted by Gasteiger charge is -2.32. The minimum absolute atomic E-state index is 0.137. The Bertz CT molecular complexity index is 741. The molecule has 27 heavy (non-hydrogen) atoms. The minimum atomic E-state index is -5.25. The number of alkyl halides is 3. The summed E-state index contributed by atoms with van der Waals surface area (Å²) in [5, 5.41) is 9.40. The normalized spacial score (nSPS) is 17.9. The number of sulfonamides is 1. The molecule has 0 aliphatic carbocycles. The van der Waals surface area contributed by atoms with Crippen LogP contribution in [0.15, 0.2) is 10.4 Å². The van der Waals surface area contributed by atoms with E-state index in [1.54, 1.807) is 18.4 Å². The topological polar surface area (TPSA) is 86.7 Å². The summed E-state index contributed by atoms with van der Waals surface area (Å²) in [6.45, 7) is 2.33. The zero-order valence-corrected chi connectivity index (χ0v) is 16.8. The average Bonchev–Trinajstić information content (AvgIpc) is 3.08. The van der Waals surface area contributed by atoms with E-state index in [-0.39, 0.29) is 32.0 Å². The zero-order valence-electron chi connectivity index (χ0n) is 15.2. The molecule has 2 heterocycles. The summed E-state index contributed by atoms with van der Waals surface area (Å²) >= 11 is 1.63. The van der Waals surface area contributed by atoms with Gasteiger partial charge in [-0.25, -0.2) is 13.4 Å². The number of aryl methyl sites for hydroxylation is 1. The number of rotatable bonds is 6. The first-order valence-corrected chi connectivity index (χ1v) is 11.0. The van der Waals surface area contributed by atoms with Crippen molar-refractivity contribution in [3.8, 4) is 0 Å². The third kappa shape index (κ3) is 5.79. The van der Waals surface area contributed by atoms with E-state index >= 15 is 0 Å². The van der Waals surface area contributed by atoms with Crippen LogP contribution in [0.4, 0.5) is 13.2 Å². The lowest BCUT2D eigenvalue weighted by Crippen LogP contribution is -2.51. The lowest BCUT2D eigenvalue weighted by molar-refractivity contribution is -0.0494. The highest BCUT2D eigenvalue weighted by molar-refractivity contribution is 7.90. The molecule has 0 spiro atoms. The van der Waals surface area contributed by atoms with Crippen molar-refractivity contribution < 1.29 is 21.6 Å². The van der Waals surface area contributed by atoms with E-state index < -0.39 is 15.5 Å². The molecule has 0 amide bonds. The second-order valence-corrected chi connectivity index (χ2v) is 8.98. The molecule has 12 heteroatoms. The number of thiazole rings is 1. The van der Waals surface area contributed by atoms with E-state index in [0.29, 0.717) is 16.8 Å². The van der Waals surface area contributed by atoms with Gasteiger partial charge in [-0.05, 0) is 19.3 Å². The highest BCUT2D eigenvalue weighted by atomic mass is 32.2. The van der Waals surface area contributed by atoms with Crippen molar-refractivity contribution in [2.24, 2.45) is 4.99 Å². The Morgan fingerprint density at radius 3 is 2.59 bits per heavy atom. The predicted molar refractivity (Wildman–Crippen MR) is 99.3 cm³/mol. The van der Waals surface area contributed by atoms with Crippen molar-refractivity contribution >= 4 is 27.3 Å². The molecule has 2 N–H and O–H groups in total. The van der Waals surface area contributed by atoms with E-state index in [1.807, 2.05) is 5.38 Å². The fraction of sp³-hybridized carbons (Fsp3) is 0.733. The first kappa shape index (κ1) is 21.9. The highest BCUT2D eigenvalue weighted by Gasteiger charge is 2.50. The summed E-state index contributed by atoms with van der Waals surface area (Å²) in [7, 11) is -3.64. The van der Waals surface area contributed by atoms with Crippen molar-refractivity contribution in [1.82, 2.24) is 19.9 Å². The molecular formula is C15H24F3N5O2S2. The Labute approximate surface area is 161 Å². The van der Waals surface area contributed by atoms with Gasteiger partial charge in [-0.2, -0.15) is 17.5 Å². The van der Waals surface area contributed by atoms with E-state index in [0.717, 1.165) is 23.5 Å². The predicted octanol–water partition coefficient (Wildman–Crippen LogP) is 1.73. The summed E-state index contributed by atoms with van der Waals surface area (Å²) in [5.41, 5.74) is -4.25. The molecule has 0 bridgehead atoms. The molecule has 2 rings (SSSR count). The molecule has 0 unspecified atom stereocenters. The quantitative estimate of drug-likeness (QED) is 0.533. The minimum Gasteiger partial charge on any atom is -0.356 e. The number of guanidine groups is 1. The van der Waals surface area contributed by atoms with Crippen LogP contribution in [0.3, 0.4) is 0 Å². The average molecular weight is 428 g/mol.